The summed E-state index contributed by atoms with van der Waals surface area (Å²) in [7, 11) is -3.77. The quantitative estimate of drug-likeness (QED) is 0.208. The highest BCUT2D eigenvalue weighted by Gasteiger charge is 2.53. The van der Waals surface area contributed by atoms with Crippen molar-refractivity contribution in [1.82, 2.24) is 5.06 Å². The molecule has 12 heteroatoms. The monoisotopic (exact) mass is 525 g/mol. The lowest BCUT2D eigenvalue weighted by molar-refractivity contribution is -0.293. The first-order valence-corrected chi connectivity index (χ1v) is 13.3. The number of hydrogen-bond donors (Lipinski definition) is 1. The van der Waals surface area contributed by atoms with Crippen molar-refractivity contribution in [2.75, 3.05) is 13.2 Å². The first-order chi connectivity index (χ1) is 15.6. The summed E-state index contributed by atoms with van der Waals surface area (Å²) in [6.45, 7) is 20.1. The summed E-state index contributed by atoms with van der Waals surface area (Å²) in [6.07, 6.45) is -2.78. The van der Waals surface area contributed by atoms with Crippen LogP contribution in [0.25, 0.3) is 0 Å². The molecule has 0 bridgehead atoms. The fraction of sp³-hybridized carbons (Fsp3) is 0.870. The average molecular weight is 526 g/mol. The molecule has 1 N–H and O–H groups in total. The first-order valence-electron chi connectivity index (χ1n) is 11.7. The van der Waals surface area contributed by atoms with Gasteiger partial charge in [-0.3, -0.25) is 9.40 Å². The van der Waals surface area contributed by atoms with E-state index in [1.165, 1.54) is 32.8 Å². The van der Waals surface area contributed by atoms with Gasteiger partial charge >= 0.3 is 25.5 Å². The Kier molecular flexibility index (Phi) is 12.1. The summed E-state index contributed by atoms with van der Waals surface area (Å²) >= 11 is 0. The highest BCUT2D eigenvalue weighted by molar-refractivity contribution is 7.54. The number of carboxylic acid groups (broad SMARTS) is 1. The smallest absolute Gasteiger partial charge is 0.350 e. The second kappa shape index (κ2) is 12.6. The van der Waals surface area contributed by atoms with Crippen molar-refractivity contribution >= 4 is 25.5 Å². The maximum Gasteiger partial charge on any atom is 0.350 e. The number of ether oxygens (including phenoxy) is 2. The lowest BCUT2D eigenvalue weighted by Crippen LogP contribution is -2.58. The van der Waals surface area contributed by atoms with Crippen LogP contribution in [0.15, 0.2) is 0 Å². The maximum absolute atomic E-state index is 13.9. The third-order valence-corrected chi connectivity index (χ3v) is 7.47. The van der Waals surface area contributed by atoms with Crippen LogP contribution in [-0.4, -0.2) is 70.4 Å². The number of carbonyl (C=O) groups excluding carboxylic acids is 2. The molecule has 0 radical (unpaired) electrons. The number of carboxylic acids is 1. The van der Waals surface area contributed by atoms with Crippen LogP contribution in [0.3, 0.4) is 0 Å². The second-order valence-electron chi connectivity index (χ2n) is 10.7. The minimum atomic E-state index is -3.77. The van der Waals surface area contributed by atoms with Crippen LogP contribution in [0.2, 0.25) is 0 Å². The summed E-state index contributed by atoms with van der Waals surface area (Å²) in [5, 5.41) is 10.3. The Balaban J connectivity index is 6.11. The molecule has 11 nitrogen and oxygen atoms in total. The van der Waals surface area contributed by atoms with Crippen molar-refractivity contribution in [3.8, 4) is 0 Å². The maximum atomic E-state index is 13.9. The molecule has 0 aliphatic heterocycles. The van der Waals surface area contributed by atoms with Gasteiger partial charge in [-0.05, 0) is 67.7 Å². The molecule has 0 heterocycles. The van der Waals surface area contributed by atoms with Gasteiger partial charge in [0.2, 0.25) is 0 Å². The Morgan fingerprint density at radius 1 is 0.857 bits per heavy atom. The zero-order valence-corrected chi connectivity index (χ0v) is 24.1. The van der Waals surface area contributed by atoms with Gasteiger partial charge in [-0.2, -0.15) is 5.06 Å². The number of rotatable bonds is 13. The van der Waals surface area contributed by atoms with E-state index in [0.717, 1.165) is 0 Å². The molecular formula is C23H44NO10P. The van der Waals surface area contributed by atoms with E-state index >= 15 is 0 Å². The van der Waals surface area contributed by atoms with Crippen LogP contribution in [-0.2, 0) is 42.3 Å². The van der Waals surface area contributed by atoms with Crippen LogP contribution >= 0.6 is 7.60 Å². The van der Waals surface area contributed by atoms with E-state index < -0.39 is 60.0 Å². The topological polar surface area (TPSA) is 138 Å². The Labute approximate surface area is 209 Å². The van der Waals surface area contributed by atoms with E-state index in [1.807, 2.05) is 41.5 Å². The van der Waals surface area contributed by atoms with Gasteiger partial charge in [0.05, 0.1) is 13.2 Å². The van der Waals surface area contributed by atoms with E-state index in [2.05, 4.69) is 0 Å². The molecule has 3 unspecified atom stereocenters. The summed E-state index contributed by atoms with van der Waals surface area (Å²) in [4.78, 5) is 42.2. The molecular weight excluding hydrogens is 481 g/mol. The lowest BCUT2D eigenvalue weighted by atomic mass is 9.94. The first kappa shape index (κ1) is 33.5. The van der Waals surface area contributed by atoms with Crippen molar-refractivity contribution in [3.63, 3.8) is 0 Å². The van der Waals surface area contributed by atoms with E-state index in [0.29, 0.717) is 0 Å². The number of hydroxylamine groups is 2. The normalized spacial score (nSPS) is 15.9. The van der Waals surface area contributed by atoms with Gasteiger partial charge in [-0.15, -0.1) is 0 Å². The van der Waals surface area contributed by atoms with Crippen LogP contribution < -0.4 is 0 Å². The third-order valence-electron chi connectivity index (χ3n) is 4.65. The molecule has 0 aromatic carbocycles. The molecule has 0 aliphatic carbocycles. The van der Waals surface area contributed by atoms with E-state index in [-0.39, 0.29) is 13.2 Å². The molecule has 0 saturated carbocycles. The van der Waals surface area contributed by atoms with E-state index in [9.17, 15) is 18.9 Å². The fourth-order valence-electron chi connectivity index (χ4n) is 3.00. The zero-order valence-electron chi connectivity index (χ0n) is 23.2. The van der Waals surface area contributed by atoms with Gasteiger partial charge in [0.15, 0.2) is 17.8 Å². The van der Waals surface area contributed by atoms with Crippen LogP contribution in [0, 0.1) is 5.41 Å². The summed E-state index contributed by atoms with van der Waals surface area (Å²) in [5.41, 5.74) is -3.11. The summed E-state index contributed by atoms with van der Waals surface area (Å²) in [5.74, 6) is -4.17. The number of hydrogen-bond acceptors (Lipinski definition) is 10. The third kappa shape index (κ3) is 9.80. The SMILES string of the molecule is CCOP(=O)(OCC)C(N(OC(C)(C)C(=O)OC(C)C(=O)OC(C)C(=O)O)C(C)(C)C)C(C)(C)C. The Bertz CT molecular complexity index is 774. The molecule has 35 heavy (non-hydrogen) atoms. The largest absolute Gasteiger partial charge is 0.479 e. The van der Waals surface area contributed by atoms with Gasteiger partial charge < -0.3 is 23.6 Å². The number of esters is 2. The minimum absolute atomic E-state index is 0.141. The molecule has 0 fully saturated rings. The highest BCUT2D eigenvalue weighted by Crippen LogP contribution is 2.61. The standard InChI is InChI=1S/C23H44NO10P/c1-13-30-35(29,31-14-2)19(21(5,6)7)24(22(8,9)10)34-23(11,12)20(28)33-16(4)18(27)32-15(3)17(25)26/h15-16,19H,13-14H2,1-12H3,(H,25,26). The molecule has 0 aromatic rings. The predicted molar refractivity (Wildman–Crippen MR) is 130 cm³/mol. The number of carbonyl (C=O) groups is 3. The molecule has 3 atom stereocenters. The van der Waals surface area contributed by atoms with Crippen LogP contribution in [0.1, 0.15) is 83.1 Å². The molecule has 0 rings (SSSR count). The van der Waals surface area contributed by atoms with Crippen molar-refractivity contribution in [2.45, 2.75) is 112 Å². The molecule has 0 spiro atoms. The summed E-state index contributed by atoms with van der Waals surface area (Å²) in [6, 6.07) is 0. The second-order valence-corrected chi connectivity index (χ2v) is 12.8. The number of aliphatic carboxylic acids is 1. The number of nitrogens with zero attached hydrogens (tertiary/aromatic N) is 1. The summed E-state index contributed by atoms with van der Waals surface area (Å²) < 4.78 is 35.2. The van der Waals surface area contributed by atoms with Gasteiger partial charge in [0.25, 0.3) is 0 Å². The van der Waals surface area contributed by atoms with Crippen molar-refractivity contribution < 1.29 is 47.4 Å². The van der Waals surface area contributed by atoms with Crippen LogP contribution in [0.5, 0.6) is 0 Å². The molecule has 0 amide bonds. The predicted octanol–water partition coefficient (Wildman–Crippen LogP) is 4.38. The Morgan fingerprint density at radius 2 is 1.31 bits per heavy atom. The van der Waals surface area contributed by atoms with Gasteiger partial charge in [0, 0.05) is 5.54 Å². The highest BCUT2D eigenvalue weighted by atomic mass is 31.2. The van der Waals surface area contributed by atoms with Crippen LogP contribution in [0.4, 0.5) is 0 Å². The van der Waals surface area contributed by atoms with Gasteiger partial charge in [0.1, 0.15) is 5.78 Å². The average Bonchev–Trinajstić information content (AvgIpc) is 2.65. The Hall–Kier alpha value is -1.52. The molecule has 206 valence electrons. The molecule has 0 aromatic heterocycles. The lowest BCUT2D eigenvalue weighted by Gasteiger charge is -2.49. The molecule has 0 saturated heterocycles. The fourth-order valence-corrected chi connectivity index (χ4v) is 5.68. The minimum Gasteiger partial charge on any atom is -0.479 e. The molecule has 0 aliphatic rings. The Morgan fingerprint density at radius 3 is 1.66 bits per heavy atom. The van der Waals surface area contributed by atoms with E-state index in [4.69, 9.17) is 28.5 Å². The van der Waals surface area contributed by atoms with Crippen molar-refractivity contribution in [1.29, 1.82) is 0 Å². The van der Waals surface area contributed by atoms with E-state index in [1.54, 1.807) is 13.8 Å². The van der Waals surface area contributed by atoms with Crippen molar-refractivity contribution in [2.24, 2.45) is 5.41 Å². The van der Waals surface area contributed by atoms with Gasteiger partial charge in [-0.1, -0.05) is 20.8 Å². The van der Waals surface area contributed by atoms with Gasteiger partial charge in [-0.25, -0.2) is 14.4 Å². The van der Waals surface area contributed by atoms with Crippen molar-refractivity contribution in [3.05, 3.63) is 0 Å². The zero-order chi connectivity index (χ0) is 28.0.